The van der Waals surface area contributed by atoms with Crippen molar-refractivity contribution in [3.05, 3.63) is 74.7 Å². The molecule has 1 heterocycles. The molecule has 0 aliphatic rings. The van der Waals surface area contributed by atoms with E-state index in [1.54, 1.807) is 12.1 Å². The molecule has 0 bridgehead atoms. The lowest BCUT2D eigenvalue weighted by molar-refractivity contribution is -0.636. The van der Waals surface area contributed by atoms with Crippen LogP contribution in [0, 0.1) is 12.1 Å². The fourth-order valence-electron chi connectivity index (χ4n) is 3.23. The number of rotatable bonds is 6. The lowest BCUT2D eigenvalue weighted by atomic mass is 10.0. The molecular weight excluding hydrogens is 405 g/mol. The van der Waals surface area contributed by atoms with Crippen molar-refractivity contribution in [2.24, 2.45) is 0 Å². The normalized spacial score (nSPS) is 11.4. The van der Waals surface area contributed by atoms with Crippen molar-refractivity contribution in [3.63, 3.8) is 0 Å². The van der Waals surface area contributed by atoms with Gasteiger partial charge in [0.25, 0.3) is 5.91 Å². The Morgan fingerprint density at radius 2 is 1.83 bits per heavy atom. The van der Waals surface area contributed by atoms with Crippen molar-refractivity contribution >= 4 is 23.2 Å². The number of benzene rings is 1. The molecule has 1 amide bonds. The van der Waals surface area contributed by atoms with Crippen LogP contribution in [0.25, 0.3) is 0 Å². The summed E-state index contributed by atoms with van der Waals surface area (Å²) in [6, 6.07) is 5.39. The van der Waals surface area contributed by atoms with E-state index >= 15 is 0 Å². The van der Waals surface area contributed by atoms with Crippen LogP contribution < -0.4 is 10.0 Å². The molecule has 0 aliphatic carbocycles. The number of aromatic nitrogens is 1. The molecule has 0 spiro atoms. The van der Waals surface area contributed by atoms with Crippen LogP contribution >= 0.6 is 11.6 Å². The first kappa shape index (κ1) is 22.7. The third kappa shape index (κ3) is 4.40. The van der Waals surface area contributed by atoms with Gasteiger partial charge in [-0.25, -0.2) is 0 Å². The first-order valence-corrected chi connectivity index (χ1v) is 9.50. The molecule has 0 unspecified atom stereocenters. The van der Waals surface area contributed by atoms with Crippen LogP contribution in [0.1, 0.15) is 52.3 Å². The minimum atomic E-state index is -5.06. The van der Waals surface area contributed by atoms with Crippen LogP contribution in [0.2, 0.25) is 5.02 Å². The van der Waals surface area contributed by atoms with Gasteiger partial charge < -0.3 is 10.5 Å². The molecular formula is C21H22ClF3N2O2. The second-order valence-electron chi connectivity index (χ2n) is 6.50. The van der Waals surface area contributed by atoms with Crippen molar-refractivity contribution < 1.29 is 22.7 Å². The number of halogens is 4. The minimum Gasteiger partial charge on any atom is -0.618 e. The summed E-state index contributed by atoms with van der Waals surface area (Å²) in [4.78, 5) is 13.0. The Morgan fingerprint density at radius 3 is 2.28 bits per heavy atom. The van der Waals surface area contributed by atoms with Crippen LogP contribution in [0.3, 0.4) is 0 Å². The third-order valence-corrected chi connectivity index (χ3v) is 5.16. The molecule has 2 rings (SSSR count). The van der Waals surface area contributed by atoms with E-state index in [1.165, 1.54) is 13.0 Å². The van der Waals surface area contributed by atoms with E-state index in [0.29, 0.717) is 18.5 Å². The highest BCUT2D eigenvalue weighted by Crippen LogP contribution is 2.36. The van der Waals surface area contributed by atoms with Crippen LogP contribution in [0.5, 0.6) is 0 Å². The summed E-state index contributed by atoms with van der Waals surface area (Å²) < 4.78 is 40.8. The summed E-state index contributed by atoms with van der Waals surface area (Å²) in [6.45, 7) is 8.51. The molecule has 0 atom stereocenters. The van der Waals surface area contributed by atoms with E-state index in [9.17, 15) is 23.2 Å². The third-order valence-electron chi connectivity index (χ3n) is 4.75. The van der Waals surface area contributed by atoms with E-state index in [-0.39, 0.29) is 22.4 Å². The second kappa shape index (κ2) is 8.86. The van der Waals surface area contributed by atoms with E-state index in [1.807, 2.05) is 19.9 Å². The Morgan fingerprint density at radius 1 is 1.28 bits per heavy atom. The van der Waals surface area contributed by atoms with E-state index < -0.39 is 28.4 Å². The molecule has 1 aromatic carbocycles. The highest BCUT2D eigenvalue weighted by molar-refractivity contribution is 6.35. The zero-order chi connectivity index (χ0) is 21.9. The van der Waals surface area contributed by atoms with Gasteiger partial charge in [0.1, 0.15) is 5.56 Å². The van der Waals surface area contributed by atoms with Gasteiger partial charge in [0, 0.05) is 18.2 Å². The summed E-state index contributed by atoms with van der Waals surface area (Å²) in [5.41, 5.74) is -0.611. The second-order valence-corrected chi connectivity index (χ2v) is 6.88. The van der Waals surface area contributed by atoms with Gasteiger partial charge in [-0.15, -0.1) is 6.58 Å². The zero-order valence-electron chi connectivity index (χ0n) is 16.4. The van der Waals surface area contributed by atoms with Crippen LogP contribution in [0.4, 0.5) is 18.9 Å². The number of hydrogen-bond donors (Lipinski definition) is 1. The molecule has 4 nitrogen and oxygen atoms in total. The number of carbonyl (C=O) groups is 1. The predicted octanol–water partition coefficient (Wildman–Crippen LogP) is 5.41. The van der Waals surface area contributed by atoms with E-state index in [0.717, 1.165) is 11.1 Å². The zero-order valence-corrected chi connectivity index (χ0v) is 17.2. The maximum Gasteiger partial charge on any atom is 0.479 e. The van der Waals surface area contributed by atoms with Crippen molar-refractivity contribution in [3.8, 4) is 0 Å². The number of hydrogen-bond acceptors (Lipinski definition) is 2. The van der Waals surface area contributed by atoms with Crippen molar-refractivity contribution in [1.29, 1.82) is 0 Å². The number of nitrogens with one attached hydrogen (secondary N) is 1. The van der Waals surface area contributed by atoms with Gasteiger partial charge in [-0.2, -0.15) is 17.9 Å². The minimum absolute atomic E-state index is 0.0527. The number of pyridine rings is 1. The molecule has 1 N–H and O–H groups in total. The average molecular weight is 427 g/mol. The number of allylic oxidation sites excluding steroid dienone is 1. The van der Waals surface area contributed by atoms with Gasteiger partial charge >= 0.3 is 11.9 Å². The van der Waals surface area contributed by atoms with Crippen molar-refractivity contribution in [1.82, 2.24) is 0 Å². The topological polar surface area (TPSA) is 56.0 Å². The Kier molecular flexibility index (Phi) is 6.95. The fraction of sp³-hybridized carbons (Fsp3) is 0.333. The number of alkyl halides is 3. The summed E-state index contributed by atoms with van der Waals surface area (Å²) in [5.74, 6) is -1.08. The lowest BCUT2D eigenvalue weighted by Crippen LogP contribution is -2.43. The molecule has 8 heteroatoms. The first-order valence-electron chi connectivity index (χ1n) is 9.13. The Balaban J connectivity index is 2.74. The Hall–Kier alpha value is -2.54. The molecule has 29 heavy (non-hydrogen) atoms. The number of nitrogens with zero attached hydrogens (tertiary/aromatic N) is 1. The van der Waals surface area contributed by atoms with Crippen LogP contribution in [-0.2, 0) is 25.4 Å². The number of para-hydroxylation sites is 1. The van der Waals surface area contributed by atoms with Gasteiger partial charge in [-0.1, -0.05) is 49.7 Å². The molecule has 0 saturated heterocycles. The average Bonchev–Trinajstić information content (AvgIpc) is 2.66. The quantitative estimate of drug-likeness (QED) is 0.381. The summed E-state index contributed by atoms with van der Waals surface area (Å²) in [6.07, 6.45) is -2.46. The van der Waals surface area contributed by atoms with Gasteiger partial charge in [0.05, 0.1) is 5.02 Å². The lowest BCUT2D eigenvalue weighted by Gasteiger charge is -2.20. The summed E-state index contributed by atoms with van der Waals surface area (Å²) in [5, 5.41) is 14.6. The summed E-state index contributed by atoms with van der Waals surface area (Å²) >= 11 is 6.22. The van der Waals surface area contributed by atoms with Gasteiger partial charge in [0.2, 0.25) is 0 Å². The number of anilines is 1. The number of amides is 1. The fourth-order valence-corrected chi connectivity index (χ4v) is 3.62. The molecule has 1 aromatic heterocycles. The molecule has 0 aliphatic heterocycles. The molecule has 0 fully saturated rings. The predicted molar refractivity (Wildman–Crippen MR) is 107 cm³/mol. The highest BCUT2D eigenvalue weighted by atomic mass is 35.5. The maximum atomic E-state index is 13.7. The van der Waals surface area contributed by atoms with Crippen LogP contribution in [-0.4, -0.2) is 5.91 Å². The maximum absolute atomic E-state index is 13.7. The number of carbonyl (C=O) groups excluding carboxylic acids is 1. The Labute approximate surface area is 172 Å². The molecule has 0 saturated carbocycles. The van der Waals surface area contributed by atoms with Crippen LogP contribution in [0.15, 0.2) is 30.9 Å². The number of aryl methyl sites for hydroxylation is 2. The van der Waals surface area contributed by atoms with Gasteiger partial charge in [-0.3, -0.25) is 4.79 Å². The van der Waals surface area contributed by atoms with E-state index in [4.69, 9.17) is 11.6 Å². The summed E-state index contributed by atoms with van der Waals surface area (Å²) in [7, 11) is 0. The standard InChI is InChI=1S/C21H22ClF3N2O2/c1-5-9-15-12(4)27(29)19(21(23,24)25)16(17(15)22)20(28)26-18-13(6-2)10-8-11-14(18)7-3/h5,8,10-11H,1,6-7,9H2,2-4H3,(H,26,28). The van der Waals surface area contributed by atoms with Gasteiger partial charge in [-0.05, 0) is 30.4 Å². The van der Waals surface area contributed by atoms with Gasteiger partial charge in [0.15, 0.2) is 5.69 Å². The monoisotopic (exact) mass is 426 g/mol. The SMILES string of the molecule is C=CCc1c(Cl)c(C(=O)Nc2c(CC)cccc2CC)c(C(F)(F)F)[n+]([O-])c1C. The smallest absolute Gasteiger partial charge is 0.479 e. The van der Waals surface area contributed by atoms with Crippen molar-refractivity contribution in [2.75, 3.05) is 5.32 Å². The largest absolute Gasteiger partial charge is 0.618 e. The first-order chi connectivity index (χ1) is 13.6. The van der Waals surface area contributed by atoms with E-state index in [2.05, 4.69) is 11.9 Å². The molecule has 156 valence electrons. The molecule has 0 radical (unpaired) electrons. The highest BCUT2D eigenvalue weighted by Gasteiger charge is 2.47. The van der Waals surface area contributed by atoms with Crippen molar-refractivity contribution in [2.45, 2.75) is 46.2 Å². The Bertz CT molecular complexity index is 934. The molecule has 2 aromatic rings.